The minimum absolute atomic E-state index is 0.0411. The molecule has 1 aromatic heterocycles. The normalized spacial score (nSPS) is 28.7. The molecule has 1 N–H and O–H groups in total. The summed E-state index contributed by atoms with van der Waals surface area (Å²) in [5.41, 5.74) is 0. The van der Waals surface area contributed by atoms with E-state index in [9.17, 15) is 13.2 Å². The van der Waals surface area contributed by atoms with Crippen LogP contribution in [0.3, 0.4) is 0 Å². The van der Waals surface area contributed by atoms with E-state index in [1.165, 1.54) is 30.0 Å². The van der Waals surface area contributed by atoms with Crippen LogP contribution in [0.25, 0.3) is 0 Å². The van der Waals surface area contributed by atoms with E-state index in [2.05, 4.69) is 10.3 Å². The fourth-order valence-corrected chi connectivity index (χ4v) is 5.48. The van der Waals surface area contributed by atoms with E-state index >= 15 is 0 Å². The molecule has 0 aliphatic heterocycles. The second-order valence-electron chi connectivity index (χ2n) is 6.77. The predicted octanol–water partition coefficient (Wildman–Crippen LogP) is 1.13. The molecule has 0 radical (unpaired) electrons. The van der Waals surface area contributed by atoms with E-state index in [0.29, 0.717) is 11.8 Å². The van der Waals surface area contributed by atoms with Crippen molar-refractivity contribution in [2.24, 2.45) is 24.8 Å². The minimum Gasteiger partial charge on any atom is -0.352 e. The molecule has 2 bridgehead atoms. The zero-order valence-corrected chi connectivity index (χ0v) is 13.8. The van der Waals surface area contributed by atoms with Crippen molar-refractivity contribution in [1.29, 1.82) is 0 Å². The average Bonchev–Trinajstić information content (AvgIpc) is 3.12. The number of hydrogen-bond acceptors (Lipinski definition) is 4. The molecule has 0 spiro atoms. The van der Waals surface area contributed by atoms with Gasteiger partial charge in [0.15, 0.2) is 0 Å². The van der Waals surface area contributed by atoms with Gasteiger partial charge >= 0.3 is 0 Å². The molecule has 1 heterocycles. The Morgan fingerprint density at radius 3 is 2.77 bits per heavy atom. The third-order valence-electron chi connectivity index (χ3n) is 5.20. The molecule has 2 fully saturated rings. The maximum Gasteiger partial charge on any atom is 0.235 e. The predicted molar refractivity (Wildman–Crippen MR) is 81.8 cm³/mol. The average molecular weight is 325 g/mol. The topological polar surface area (TPSA) is 81.1 Å². The van der Waals surface area contributed by atoms with Crippen LogP contribution in [-0.2, 0) is 21.7 Å². The Morgan fingerprint density at radius 2 is 2.23 bits per heavy atom. The fourth-order valence-electron chi connectivity index (χ4n) is 4.20. The highest BCUT2D eigenvalue weighted by Crippen LogP contribution is 2.49. The van der Waals surface area contributed by atoms with Crippen molar-refractivity contribution < 1.29 is 13.2 Å². The van der Waals surface area contributed by atoms with E-state index < -0.39 is 21.5 Å². The lowest BCUT2D eigenvalue weighted by Gasteiger charge is -2.28. The van der Waals surface area contributed by atoms with Gasteiger partial charge in [-0.1, -0.05) is 6.42 Å². The second kappa shape index (κ2) is 5.68. The van der Waals surface area contributed by atoms with Crippen molar-refractivity contribution in [2.75, 3.05) is 5.75 Å². The van der Waals surface area contributed by atoms with Gasteiger partial charge in [0.05, 0.1) is 0 Å². The third-order valence-corrected chi connectivity index (χ3v) is 6.79. The minimum atomic E-state index is -3.69. The van der Waals surface area contributed by atoms with Gasteiger partial charge < -0.3 is 9.88 Å². The van der Waals surface area contributed by atoms with Crippen molar-refractivity contribution in [1.82, 2.24) is 14.9 Å². The quantitative estimate of drug-likeness (QED) is 0.880. The summed E-state index contributed by atoms with van der Waals surface area (Å²) in [4.78, 5) is 15.9. The largest absolute Gasteiger partial charge is 0.352 e. The smallest absolute Gasteiger partial charge is 0.235 e. The number of fused-ring (bicyclic) bond motifs is 2. The molecule has 4 atom stereocenters. The highest BCUT2D eigenvalue weighted by Gasteiger charge is 2.42. The highest BCUT2D eigenvalue weighted by atomic mass is 32.2. The van der Waals surface area contributed by atoms with Crippen LogP contribution in [0, 0.1) is 17.8 Å². The van der Waals surface area contributed by atoms with Gasteiger partial charge in [0.2, 0.25) is 20.9 Å². The zero-order chi connectivity index (χ0) is 15.9. The highest BCUT2D eigenvalue weighted by molar-refractivity contribution is 7.91. The van der Waals surface area contributed by atoms with Crippen LogP contribution in [0.5, 0.6) is 0 Å². The zero-order valence-electron chi connectivity index (χ0n) is 13.0. The van der Waals surface area contributed by atoms with E-state index in [1.54, 1.807) is 13.2 Å². The number of nitrogens with one attached hydrogen (secondary N) is 1. The lowest BCUT2D eigenvalue weighted by molar-refractivity contribution is -0.119. The summed E-state index contributed by atoms with van der Waals surface area (Å²) in [6.07, 6.45) is 7.98. The lowest BCUT2D eigenvalue weighted by atomic mass is 9.84. The molecule has 2 aliphatic carbocycles. The number of hydrogen-bond donors (Lipinski definition) is 1. The molecule has 122 valence electrons. The van der Waals surface area contributed by atoms with Crippen LogP contribution in [0.2, 0.25) is 0 Å². The number of nitrogens with zero attached hydrogens (tertiary/aromatic N) is 2. The molecule has 3 rings (SSSR count). The summed E-state index contributed by atoms with van der Waals surface area (Å²) in [7, 11) is -2.08. The molecule has 0 aromatic carbocycles. The molecule has 1 aromatic rings. The van der Waals surface area contributed by atoms with Crippen LogP contribution in [0.15, 0.2) is 17.6 Å². The number of sulfone groups is 1. The Kier molecular flexibility index (Phi) is 4.01. The molecule has 0 saturated heterocycles. The first-order valence-electron chi connectivity index (χ1n) is 7.86. The first-order valence-corrected chi connectivity index (χ1v) is 9.51. The summed E-state index contributed by atoms with van der Waals surface area (Å²) in [5, 5.41) is 2.83. The standard InChI is InChI=1S/C15H23N3O3S/c1-10(13-8-11-3-4-12(13)7-11)17-14(19)9-22(20,21)15-16-5-6-18(15)2/h5-6,10-13H,3-4,7-9H2,1-2H3,(H,17,19)/t10-,11-,12-,13-/m0/s1. The van der Waals surface area contributed by atoms with Gasteiger partial charge in [0.1, 0.15) is 5.75 Å². The van der Waals surface area contributed by atoms with Gasteiger partial charge in [0.25, 0.3) is 0 Å². The maximum atomic E-state index is 12.2. The number of rotatable bonds is 5. The first kappa shape index (κ1) is 15.5. The number of aryl methyl sites for hydroxylation is 1. The Labute approximate surface area is 131 Å². The molecule has 7 heteroatoms. The van der Waals surface area contributed by atoms with Crippen molar-refractivity contribution in [2.45, 2.75) is 43.8 Å². The molecular weight excluding hydrogens is 302 g/mol. The molecule has 22 heavy (non-hydrogen) atoms. The first-order chi connectivity index (χ1) is 10.4. The fraction of sp³-hybridized carbons (Fsp3) is 0.733. The van der Waals surface area contributed by atoms with Crippen LogP contribution in [-0.4, -0.2) is 35.7 Å². The number of carbonyl (C=O) groups is 1. The van der Waals surface area contributed by atoms with Crippen LogP contribution in [0.4, 0.5) is 0 Å². The van der Waals surface area contributed by atoms with E-state index in [1.807, 2.05) is 6.92 Å². The Morgan fingerprint density at radius 1 is 1.45 bits per heavy atom. The summed E-state index contributed by atoms with van der Waals surface area (Å²) >= 11 is 0. The SMILES string of the molecule is C[C@H](NC(=O)CS(=O)(=O)c1nccn1C)[C@@H]1C[C@H]2CC[C@H]1C2. The summed E-state index contributed by atoms with van der Waals surface area (Å²) in [5.74, 6) is 1.04. The second-order valence-corrected chi connectivity index (χ2v) is 8.66. The Bertz CT molecular complexity index is 667. The molecule has 6 nitrogen and oxygen atoms in total. The van der Waals surface area contributed by atoms with Gasteiger partial charge in [-0.2, -0.15) is 0 Å². The molecule has 1 amide bonds. The van der Waals surface area contributed by atoms with Gasteiger partial charge in [-0.3, -0.25) is 4.79 Å². The maximum absolute atomic E-state index is 12.2. The molecule has 2 aliphatic rings. The summed E-state index contributed by atoms with van der Waals surface area (Å²) in [6, 6.07) is 0.0411. The molecule has 0 unspecified atom stereocenters. The van der Waals surface area contributed by atoms with Crippen LogP contribution >= 0.6 is 0 Å². The van der Waals surface area contributed by atoms with Crippen LogP contribution < -0.4 is 5.32 Å². The van der Waals surface area contributed by atoms with Crippen LogP contribution in [0.1, 0.15) is 32.6 Å². The number of amides is 1. The van der Waals surface area contributed by atoms with Crippen molar-refractivity contribution in [3.05, 3.63) is 12.4 Å². The van der Waals surface area contributed by atoms with E-state index in [0.717, 1.165) is 12.3 Å². The van der Waals surface area contributed by atoms with E-state index in [-0.39, 0.29) is 11.2 Å². The van der Waals surface area contributed by atoms with Gasteiger partial charge in [-0.15, -0.1) is 0 Å². The Balaban J connectivity index is 1.59. The monoisotopic (exact) mass is 325 g/mol. The number of imidazole rings is 1. The van der Waals surface area contributed by atoms with Crippen molar-refractivity contribution in [3.8, 4) is 0 Å². The lowest BCUT2D eigenvalue weighted by Crippen LogP contribution is -2.42. The summed E-state index contributed by atoms with van der Waals surface area (Å²) < 4.78 is 25.8. The number of carbonyl (C=O) groups excluding carboxylic acids is 1. The molecule has 2 saturated carbocycles. The molecular formula is C15H23N3O3S. The van der Waals surface area contributed by atoms with Gasteiger partial charge in [0, 0.05) is 25.5 Å². The van der Waals surface area contributed by atoms with Gasteiger partial charge in [-0.05, 0) is 43.9 Å². The van der Waals surface area contributed by atoms with E-state index in [4.69, 9.17) is 0 Å². The summed E-state index contributed by atoms with van der Waals surface area (Å²) in [6.45, 7) is 2.00. The number of aromatic nitrogens is 2. The van der Waals surface area contributed by atoms with Crippen molar-refractivity contribution >= 4 is 15.7 Å². The Hall–Kier alpha value is -1.37. The third kappa shape index (κ3) is 2.91. The van der Waals surface area contributed by atoms with Gasteiger partial charge in [-0.25, -0.2) is 13.4 Å². The van der Waals surface area contributed by atoms with Crippen molar-refractivity contribution in [3.63, 3.8) is 0 Å².